The molecule has 42 heavy (non-hydrogen) atoms. The van der Waals surface area contributed by atoms with Gasteiger partial charge in [0.25, 0.3) is 0 Å². The Morgan fingerprint density at radius 1 is 1.19 bits per heavy atom. The van der Waals surface area contributed by atoms with Crippen LogP contribution in [-0.2, 0) is 15.8 Å². The predicted octanol–water partition coefficient (Wildman–Crippen LogP) is 5.09. The van der Waals surface area contributed by atoms with Crippen LogP contribution in [0.4, 0.5) is 4.39 Å². The maximum atomic E-state index is 13.7. The Labute approximate surface area is 241 Å². The van der Waals surface area contributed by atoms with E-state index < -0.39 is 22.7 Å². The second-order valence-corrected chi connectivity index (χ2v) is 11.3. The van der Waals surface area contributed by atoms with Crippen LogP contribution in [0, 0.1) is 5.82 Å². The van der Waals surface area contributed by atoms with Crippen molar-refractivity contribution in [2.45, 2.75) is 56.7 Å². The van der Waals surface area contributed by atoms with Crippen LogP contribution in [-0.4, -0.2) is 39.5 Å². The fourth-order valence-electron chi connectivity index (χ4n) is 4.99. The Hall–Kier alpha value is -4.57. The summed E-state index contributed by atoms with van der Waals surface area (Å²) in [6.45, 7) is 3.23. The fourth-order valence-corrected chi connectivity index (χ4v) is 4.99. The topological polar surface area (TPSA) is 138 Å². The maximum Gasteiger partial charge on any atom is 0.231 e. The Morgan fingerprint density at radius 2 is 1.95 bits per heavy atom. The van der Waals surface area contributed by atoms with Gasteiger partial charge in [-0.25, -0.2) is 14.4 Å². The summed E-state index contributed by atoms with van der Waals surface area (Å²) in [6.07, 6.45) is 5.12. The van der Waals surface area contributed by atoms with Crippen molar-refractivity contribution in [2.24, 2.45) is 5.73 Å². The number of fused-ring (bicyclic) bond motifs is 1. The van der Waals surface area contributed by atoms with Crippen LogP contribution >= 0.6 is 0 Å². The average molecular weight is 572 g/mol. The number of carbonyl (C=O) groups excluding carboxylic acids is 2. The Bertz CT molecular complexity index is 1660. The first-order valence-electron chi connectivity index (χ1n) is 13.8. The predicted molar refractivity (Wildman–Crippen MR) is 150 cm³/mol. The monoisotopic (exact) mass is 571 g/mol. The first kappa shape index (κ1) is 27.6. The van der Waals surface area contributed by atoms with Gasteiger partial charge < -0.3 is 24.7 Å². The van der Waals surface area contributed by atoms with Crippen LogP contribution in [0.2, 0.25) is 0 Å². The Balaban J connectivity index is 1.30. The molecule has 4 aromatic rings. The largest absolute Gasteiger partial charge is 0.490 e. The smallest absolute Gasteiger partial charge is 0.231 e. The lowest BCUT2D eigenvalue weighted by molar-refractivity contribution is -0.123. The maximum absolute atomic E-state index is 13.7. The third kappa shape index (κ3) is 5.14. The quantitative estimate of drug-likeness (QED) is 0.251. The van der Waals surface area contributed by atoms with Crippen molar-refractivity contribution in [2.75, 3.05) is 6.61 Å². The van der Waals surface area contributed by atoms with Gasteiger partial charge in [-0.2, -0.15) is 0 Å². The Morgan fingerprint density at radius 3 is 2.62 bits per heavy atom. The molecule has 216 valence electrons. The second kappa shape index (κ2) is 10.4. The van der Waals surface area contributed by atoms with Gasteiger partial charge in [-0.3, -0.25) is 9.59 Å². The molecule has 1 fully saturated rings. The lowest BCUT2D eigenvalue weighted by Gasteiger charge is -2.26. The molecule has 0 unspecified atom stereocenters. The van der Waals surface area contributed by atoms with Gasteiger partial charge >= 0.3 is 0 Å². The number of amides is 1. The minimum absolute atomic E-state index is 0.00488. The lowest BCUT2D eigenvalue weighted by Crippen LogP contribution is -2.40. The first-order chi connectivity index (χ1) is 20.0. The van der Waals surface area contributed by atoms with E-state index in [1.165, 1.54) is 24.6 Å². The number of oxazole rings is 1. The van der Waals surface area contributed by atoms with E-state index in [1.54, 1.807) is 50.2 Å². The molecule has 6 rings (SSSR count). The molecule has 2 aliphatic rings. The van der Waals surface area contributed by atoms with E-state index in [0.717, 1.165) is 12.8 Å². The van der Waals surface area contributed by atoms with E-state index in [4.69, 9.17) is 19.6 Å². The highest BCUT2D eigenvalue weighted by Gasteiger charge is 2.45. The van der Waals surface area contributed by atoms with Crippen LogP contribution < -0.4 is 15.2 Å². The van der Waals surface area contributed by atoms with Gasteiger partial charge in [0.05, 0.1) is 23.6 Å². The van der Waals surface area contributed by atoms with Gasteiger partial charge in [0.15, 0.2) is 5.78 Å². The van der Waals surface area contributed by atoms with E-state index >= 15 is 0 Å². The fraction of sp³-hybridized carbons (Fsp3) is 0.312. The number of carbonyl (C=O) groups is 2. The molecule has 0 spiro atoms. The number of pyridine rings is 1. The molecule has 3 N–H and O–H groups in total. The summed E-state index contributed by atoms with van der Waals surface area (Å²) in [5, 5.41) is 11.6. The van der Waals surface area contributed by atoms with Crippen molar-refractivity contribution in [1.82, 2.24) is 9.97 Å². The Kier molecular flexibility index (Phi) is 6.81. The van der Waals surface area contributed by atoms with Gasteiger partial charge in [0, 0.05) is 23.1 Å². The van der Waals surface area contributed by atoms with Gasteiger partial charge in [0.2, 0.25) is 11.8 Å². The third-order valence-corrected chi connectivity index (χ3v) is 7.91. The molecule has 3 heterocycles. The number of rotatable bonds is 10. The number of hydrogen-bond acceptors (Lipinski definition) is 8. The minimum Gasteiger partial charge on any atom is -0.490 e. The number of Topliss-reactive ketones (excluding diaryl/α,β-unsaturated/α-hetero) is 1. The molecule has 2 aromatic heterocycles. The summed E-state index contributed by atoms with van der Waals surface area (Å²) >= 11 is 0. The highest BCUT2D eigenvalue weighted by molar-refractivity contribution is 5.97. The van der Waals surface area contributed by atoms with Crippen LogP contribution in [0.3, 0.4) is 0 Å². The summed E-state index contributed by atoms with van der Waals surface area (Å²) in [4.78, 5) is 34.7. The van der Waals surface area contributed by atoms with Crippen molar-refractivity contribution in [3.63, 3.8) is 0 Å². The first-order valence-corrected chi connectivity index (χ1v) is 13.8. The molecular formula is C32H30FN3O6. The number of ketones is 1. The number of nitrogens with two attached hydrogens (primary N) is 1. The summed E-state index contributed by atoms with van der Waals surface area (Å²) < 4.78 is 31.0. The number of benzene rings is 2. The third-order valence-electron chi connectivity index (χ3n) is 7.91. The highest BCUT2D eigenvalue weighted by atomic mass is 19.1. The van der Waals surface area contributed by atoms with Gasteiger partial charge in [-0.1, -0.05) is 0 Å². The van der Waals surface area contributed by atoms with Crippen LogP contribution in [0.5, 0.6) is 11.5 Å². The van der Waals surface area contributed by atoms with Crippen molar-refractivity contribution in [1.29, 1.82) is 0 Å². The van der Waals surface area contributed by atoms with Crippen LogP contribution in [0.15, 0.2) is 65.4 Å². The molecular weight excluding hydrogens is 541 g/mol. The summed E-state index contributed by atoms with van der Waals surface area (Å²) in [6, 6.07) is 12.4. The normalized spacial score (nSPS) is 19.0. The van der Waals surface area contributed by atoms with Crippen LogP contribution in [0.25, 0.3) is 22.7 Å². The zero-order chi connectivity index (χ0) is 29.6. The van der Waals surface area contributed by atoms with E-state index in [0.29, 0.717) is 45.3 Å². The molecule has 1 saturated carbocycles. The van der Waals surface area contributed by atoms with E-state index in [2.05, 4.69) is 9.97 Å². The van der Waals surface area contributed by atoms with Crippen LogP contribution in [0.1, 0.15) is 61.1 Å². The molecule has 1 amide bonds. The molecule has 0 saturated heterocycles. The molecule has 2 atom stereocenters. The molecule has 9 nitrogen and oxygen atoms in total. The molecule has 0 bridgehead atoms. The zero-order valence-corrected chi connectivity index (χ0v) is 23.2. The molecule has 1 aliphatic heterocycles. The molecule has 10 heteroatoms. The summed E-state index contributed by atoms with van der Waals surface area (Å²) in [5.74, 6) is 0.0891. The number of halogens is 1. The average Bonchev–Trinajstić information content (AvgIpc) is 3.48. The highest BCUT2D eigenvalue weighted by Crippen LogP contribution is 2.46. The number of nitrogens with zero attached hydrogens (tertiary/aromatic N) is 2. The van der Waals surface area contributed by atoms with Crippen molar-refractivity contribution in [3.8, 4) is 34.2 Å². The van der Waals surface area contributed by atoms with Crippen molar-refractivity contribution in [3.05, 3.63) is 83.6 Å². The molecule has 2 aromatic carbocycles. The number of primary amides is 1. The molecule has 1 aliphatic carbocycles. The summed E-state index contributed by atoms with van der Waals surface area (Å²) in [7, 11) is 0. The zero-order valence-electron chi connectivity index (χ0n) is 23.2. The number of hydrogen-bond donors (Lipinski definition) is 2. The standard InChI is InChI=1S/C32H30FN3O6/c1-31(30(34)38)17-41-28-23(31)16-26(36-27(28)18-3-6-20(33)7-4-18)32(2,39)12-11-24(37)19-5-10-25(42-21-8-9-21)22(15-19)29-35-13-14-40-29/h3-7,10,13-16,21,39H,8-9,11-12,17H2,1-2H3,(H2,34,38)/t31-,32-/m0/s1. The van der Waals surface area contributed by atoms with E-state index in [9.17, 15) is 19.1 Å². The number of aromatic nitrogens is 2. The molecule has 0 radical (unpaired) electrons. The van der Waals surface area contributed by atoms with E-state index in [-0.39, 0.29) is 37.0 Å². The van der Waals surface area contributed by atoms with Gasteiger partial charge in [-0.05, 0) is 81.6 Å². The van der Waals surface area contributed by atoms with E-state index in [1.807, 2.05) is 0 Å². The SMILES string of the molecule is C[C@](O)(CCC(=O)c1ccc(OC2CC2)c(-c2ncco2)c1)c1cc2c(c(-c3ccc(F)cc3)n1)OC[C@]2(C)C(N)=O. The second-order valence-electron chi connectivity index (χ2n) is 11.3. The minimum atomic E-state index is -1.57. The lowest BCUT2D eigenvalue weighted by atomic mass is 9.81. The van der Waals surface area contributed by atoms with Crippen molar-refractivity contribution < 1.29 is 33.0 Å². The number of ether oxygens (including phenoxy) is 2. The summed E-state index contributed by atoms with van der Waals surface area (Å²) in [5.41, 5.74) is 5.63. The van der Waals surface area contributed by atoms with Crippen molar-refractivity contribution >= 4 is 11.7 Å². The van der Waals surface area contributed by atoms with Gasteiger partial charge in [-0.15, -0.1) is 0 Å². The number of aliphatic hydroxyl groups is 1. The van der Waals surface area contributed by atoms with Gasteiger partial charge in [0.1, 0.15) is 46.9 Å².